The van der Waals surface area contributed by atoms with Gasteiger partial charge in [-0.2, -0.15) is 0 Å². The fraction of sp³-hybridized carbons (Fsp3) is 0.150. The second-order valence-electron chi connectivity index (χ2n) is 5.97. The summed E-state index contributed by atoms with van der Waals surface area (Å²) in [7, 11) is 1.64. The van der Waals surface area contributed by atoms with Crippen molar-refractivity contribution >= 4 is 28.3 Å². The molecule has 2 aromatic heterocycles. The van der Waals surface area contributed by atoms with Crippen LogP contribution >= 0.6 is 11.3 Å². The number of ether oxygens (including phenoxy) is 1. The van der Waals surface area contributed by atoms with Crippen molar-refractivity contribution in [2.45, 2.75) is 13.3 Å². The molecule has 0 saturated heterocycles. The van der Waals surface area contributed by atoms with Crippen LogP contribution in [0.1, 0.15) is 22.2 Å². The molecule has 27 heavy (non-hydrogen) atoms. The summed E-state index contributed by atoms with van der Waals surface area (Å²) in [6, 6.07) is 13.2. The van der Waals surface area contributed by atoms with Crippen LogP contribution in [0, 0.1) is 0 Å². The van der Waals surface area contributed by atoms with Crippen molar-refractivity contribution in [3.05, 3.63) is 59.2 Å². The molecule has 0 radical (unpaired) electrons. The highest BCUT2D eigenvalue weighted by Crippen LogP contribution is 2.33. The monoisotopic (exact) mass is 379 g/mol. The third-order valence-electron chi connectivity index (χ3n) is 4.39. The highest BCUT2D eigenvalue weighted by atomic mass is 32.1. The quantitative estimate of drug-likeness (QED) is 0.555. The second kappa shape index (κ2) is 6.85. The van der Waals surface area contributed by atoms with E-state index in [9.17, 15) is 9.90 Å². The number of aryl methyl sites for hydroxylation is 1. The van der Waals surface area contributed by atoms with Gasteiger partial charge in [-0.1, -0.05) is 48.6 Å². The average Bonchev–Trinajstić information content (AvgIpc) is 3.31. The van der Waals surface area contributed by atoms with Crippen LogP contribution in [0.2, 0.25) is 0 Å². The Morgan fingerprint density at radius 2 is 2.04 bits per heavy atom. The minimum absolute atomic E-state index is 0.204. The van der Waals surface area contributed by atoms with Gasteiger partial charge in [-0.3, -0.25) is 4.57 Å². The average molecular weight is 379 g/mol. The topological polar surface area (TPSA) is 77.2 Å². The predicted octanol–water partition coefficient (Wildman–Crippen LogP) is 4.42. The first-order valence-electron chi connectivity index (χ1n) is 8.46. The highest BCUT2D eigenvalue weighted by Gasteiger charge is 2.21. The van der Waals surface area contributed by atoms with Crippen molar-refractivity contribution in [2.75, 3.05) is 7.11 Å². The molecule has 0 aliphatic rings. The summed E-state index contributed by atoms with van der Waals surface area (Å²) in [5, 5.41) is 10.2. The third kappa shape index (κ3) is 2.96. The largest absolute Gasteiger partial charge is 0.496 e. The van der Waals surface area contributed by atoms with Gasteiger partial charge in [0.2, 0.25) is 0 Å². The number of carbonyl (C=O) groups is 1. The number of imidazole rings is 1. The zero-order valence-electron chi connectivity index (χ0n) is 14.8. The summed E-state index contributed by atoms with van der Waals surface area (Å²) >= 11 is 1.13. The number of benzene rings is 2. The number of aromatic carboxylic acids is 1. The minimum Gasteiger partial charge on any atom is -0.496 e. The highest BCUT2D eigenvalue weighted by molar-refractivity contribution is 7.16. The Morgan fingerprint density at radius 3 is 2.70 bits per heavy atom. The third-order valence-corrected chi connectivity index (χ3v) is 5.44. The second-order valence-corrected chi connectivity index (χ2v) is 6.94. The number of thiazole rings is 1. The number of carboxylic acids is 1. The maximum absolute atomic E-state index is 11.8. The molecule has 2 heterocycles. The molecule has 1 N–H and O–H groups in total. The van der Waals surface area contributed by atoms with Gasteiger partial charge in [0.15, 0.2) is 5.13 Å². The van der Waals surface area contributed by atoms with Crippen LogP contribution in [-0.4, -0.2) is 32.7 Å². The predicted molar refractivity (Wildman–Crippen MR) is 105 cm³/mol. The van der Waals surface area contributed by atoms with E-state index in [-0.39, 0.29) is 4.88 Å². The van der Waals surface area contributed by atoms with E-state index >= 15 is 0 Å². The normalized spacial score (nSPS) is 11.0. The lowest BCUT2D eigenvalue weighted by molar-refractivity contribution is 0.0702. The van der Waals surface area contributed by atoms with E-state index < -0.39 is 5.97 Å². The summed E-state index contributed by atoms with van der Waals surface area (Å²) in [6.45, 7) is 2.06. The molecule has 0 amide bonds. The van der Waals surface area contributed by atoms with Crippen molar-refractivity contribution in [3.63, 3.8) is 0 Å². The number of carboxylic acid groups (broad SMARTS) is 1. The summed E-state index contributed by atoms with van der Waals surface area (Å²) in [5.74, 6) is -0.210. The molecule has 0 atom stereocenters. The number of nitrogens with zero attached hydrogens (tertiary/aromatic N) is 3. The van der Waals surface area contributed by atoms with Crippen LogP contribution in [0.25, 0.3) is 27.4 Å². The van der Waals surface area contributed by atoms with Crippen LogP contribution in [0.4, 0.5) is 0 Å². The Hall–Kier alpha value is -3.19. The molecule has 2 aromatic carbocycles. The van der Waals surface area contributed by atoms with E-state index in [1.165, 1.54) is 0 Å². The summed E-state index contributed by atoms with van der Waals surface area (Å²) < 4.78 is 7.30. The molecular weight excluding hydrogens is 362 g/mol. The van der Waals surface area contributed by atoms with Gasteiger partial charge in [-0.05, 0) is 18.1 Å². The van der Waals surface area contributed by atoms with Gasteiger partial charge < -0.3 is 9.84 Å². The molecule has 0 spiro atoms. The standard InChI is InChI=1S/C20H17N3O3S/c1-3-12-9-14-15(10-16(12)26-2)23(11-21-14)20-22-17(18(27-20)19(24)25)13-7-5-4-6-8-13/h4-11H,3H2,1-2H3,(H,24,25). The Bertz CT molecular complexity index is 1130. The van der Waals surface area contributed by atoms with Gasteiger partial charge >= 0.3 is 5.97 Å². The Kier molecular flexibility index (Phi) is 4.37. The van der Waals surface area contributed by atoms with E-state index in [2.05, 4.69) is 16.9 Å². The maximum atomic E-state index is 11.8. The molecule has 136 valence electrons. The number of hydrogen-bond donors (Lipinski definition) is 1. The van der Waals surface area contributed by atoms with E-state index in [4.69, 9.17) is 4.74 Å². The van der Waals surface area contributed by atoms with Gasteiger partial charge in [0.1, 0.15) is 17.0 Å². The molecular formula is C20H17N3O3S. The molecule has 0 aliphatic heterocycles. The molecule has 7 heteroatoms. The molecule has 0 saturated carbocycles. The van der Waals surface area contributed by atoms with Gasteiger partial charge in [0, 0.05) is 11.6 Å². The van der Waals surface area contributed by atoms with Crippen LogP contribution in [0.3, 0.4) is 0 Å². The molecule has 0 aliphatic carbocycles. The molecule has 0 unspecified atom stereocenters. The lowest BCUT2D eigenvalue weighted by Crippen LogP contribution is -1.95. The minimum atomic E-state index is -0.993. The van der Waals surface area contributed by atoms with Crippen LogP contribution in [0.15, 0.2) is 48.8 Å². The SMILES string of the molecule is CCc1cc2ncn(-c3nc(-c4ccccc4)c(C(=O)O)s3)c2cc1OC. The number of aromatic nitrogens is 3. The summed E-state index contributed by atoms with van der Waals surface area (Å²) in [4.78, 5) is 21.0. The molecule has 4 rings (SSSR count). The van der Waals surface area contributed by atoms with Crippen LogP contribution in [-0.2, 0) is 6.42 Å². The number of fused-ring (bicyclic) bond motifs is 1. The number of hydrogen-bond acceptors (Lipinski definition) is 5. The van der Waals surface area contributed by atoms with Crippen LogP contribution < -0.4 is 4.74 Å². The van der Waals surface area contributed by atoms with Gasteiger partial charge in [0.25, 0.3) is 0 Å². The zero-order valence-corrected chi connectivity index (χ0v) is 15.7. The van der Waals surface area contributed by atoms with E-state index in [1.807, 2.05) is 42.5 Å². The molecule has 0 fully saturated rings. The first kappa shape index (κ1) is 17.2. The fourth-order valence-corrected chi connectivity index (χ4v) is 3.96. The first-order chi connectivity index (χ1) is 13.1. The van der Waals surface area contributed by atoms with Crippen molar-refractivity contribution in [1.82, 2.24) is 14.5 Å². The summed E-state index contributed by atoms with van der Waals surface area (Å²) in [6.07, 6.45) is 2.51. The Morgan fingerprint density at radius 1 is 1.26 bits per heavy atom. The van der Waals surface area contributed by atoms with E-state index in [0.717, 1.165) is 45.7 Å². The van der Waals surface area contributed by atoms with Gasteiger partial charge in [-0.15, -0.1) is 0 Å². The van der Waals surface area contributed by atoms with E-state index in [0.29, 0.717) is 10.8 Å². The van der Waals surface area contributed by atoms with Gasteiger partial charge in [0.05, 0.1) is 23.8 Å². The molecule has 0 bridgehead atoms. The smallest absolute Gasteiger partial charge is 0.348 e. The molecule has 6 nitrogen and oxygen atoms in total. The van der Waals surface area contributed by atoms with Crippen molar-refractivity contribution in [3.8, 4) is 22.1 Å². The summed E-state index contributed by atoms with van der Waals surface area (Å²) in [5.41, 5.74) is 3.95. The number of rotatable bonds is 5. The maximum Gasteiger partial charge on any atom is 0.348 e. The van der Waals surface area contributed by atoms with Crippen molar-refractivity contribution in [1.29, 1.82) is 0 Å². The van der Waals surface area contributed by atoms with E-state index in [1.54, 1.807) is 18.0 Å². The lowest BCUT2D eigenvalue weighted by Gasteiger charge is -2.07. The van der Waals surface area contributed by atoms with Crippen molar-refractivity contribution < 1.29 is 14.6 Å². The van der Waals surface area contributed by atoms with Crippen LogP contribution in [0.5, 0.6) is 5.75 Å². The Balaban J connectivity index is 1.90. The molecule has 4 aromatic rings. The van der Waals surface area contributed by atoms with Crippen molar-refractivity contribution in [2.24, 2.45) is 0 Å². The van der Waals surface area contributed by atoms with Gasteiger partial charge in [-0.25, -0.2) is 14.8 Å². The Labute approximate surface area is 159 Å². The lowest BCUT2D eigenvalue weighted by atomic mass is 10.1. The first-order valence-corrected chi connectivity index (χ1v) is 9.28. The number of methoxy groups -OCH3 is 1. The fourth-order valence-electron chi connectivity index (χ4n) is 3.05. The zero-order chi connectivity index (χ0) is 19.0.